The van der Waals surface area contributed by atoms with Crippen molar-refractivity contribution < 1.29 is 0 Å². The van der Waals surface area contributed by atoms with Crippen LogP contribution in [-0.2, 0) is 0 Å². The molecule has 0 aliphatic heterocycles. The molecule has 6 heteroatoms. The van der Waals surface area contributed by atoms with Crippen LogP contribution in [0.2, 0.25) is 0 Å². The lowest BCUT2D eigenvalue weighted by Gasteiger charge is -2.09. The van der Waals surface area contributed by atoms with E-state index in [1.54, 1.807) is 18.5 Å². The fourth-order valence-corrected chi connectivity index (χ4v) is 2.50. The first-order valence-electron chi connectivity index (χ1n) is 7.42. The second-order valence-electron chi connectivity index (χ2n) is 5.24. The number of hydrogen-bond donors (Lipinski definition) is 2. The quantitative estimate of drug-likeness (QED) is 0.607. The number of anilines is 2. The molecule has 0 unspecified atom stereocenters. The Kier molecular flexibility index (Phi) is 3.47. The summed E-state index contributed by atoms with van der Waals surface area (Å²) >= 11 is 0. The van der Waals surface area contributed by atoms with Gasteiger partial charge < -0.3 is 5.32 Å². The van der Waals surface area contributed by atoms with E-state index in [1.165, 1.54) is 0 Å². The lowest BCUT2D eigenvalue weighted by Crippen LogP contribution is -2.13. The Bertz CT molecular complexity index is 1040. The van der Waals surface area contributed by atoms with Gasteiger partial charge in [-0.2, -0.15) is 4.98 Å². The first-order chi connectivity index (χ1) is 11.8. The Morgan fingerprint density at radius 2 is 1.75 bits per heavy atom. The Balaban J connectivity index is 1.68. The van der Waals surface area contributed by atoms with Gasteiger partial charge in [-0.25, -0.2) is 9.78 Å². The van der Waals surface area contributed by atoms with Gasteiger partial charge in [0.25, 0.3) is 0 Å². The van der Waals surface area contributed by atoms with Crippen LogP contribution in [0.4, 0.5) is 11.5 Å². The maximum atomic E-state index is 11.7. The van der Waals surface area contributed by atoms with E-state index < -0.39 is 5.69 Å². The molecule has 0 spiro atoms. The smallest absolute Gasteiger partial charge is 0.341 e. The zero-order valence-corrected chi connectivity index (χ0v) is 12.6. The lowest BCUT2D eigenvalue weighted by atomic mass is 10.1. The molecule has 0 bridgehead atoms. The Labute approximate surface area is 137 Å². The van der Waals surface area contributed by atoms with Crippen LogP contribution in [0.1, 0.15) is 0 Å². The largest absolute Gasteiger partial charge is 0.348 e. The van der Waals surface area contributed by atoms with Gasteiger partial charge in [-0.3, -0.25) is 9.97 Å². The third kappa shape index (κ3) is 2.72. The van der Waals surface area contributed by atoms with Crippen LogP contribution in [0.3, 0.4) is 0 Å². The summed E-state index contributed by atoms with van der Waals surface area (Å²) in [6.07, 6.45) is 5.18. The van der Waals surface area contributed by atoms with Gasteiger partial charge in [0, 0.05) is 24.3 Å². The molecule has 4 aromatic rings. The molecule has 1 aromatic carbocycles. The number of benzene rings is 1. The number of aromatic nitrogens is 4. The maximum Gasteiger partial charge on any atom is 0.348 e. The van der Waals surface area contributed by atoms with Crippen molar-refractivity contribution in [2.45, 2.75) is 0 Å². The molecular formula is C18H13N5O. The molecule has 6 nitrogen and oxygen atoms in total. The summed E-state index contributed by atoms with van der Waals surface area (Å²) in [4.78, 5) is 26.5. The zero-order chi connectivity index (χ0) is 16.4. The highest BCUT2D eigenvalue weighted by atomic mass is 16.1. The minimum Gasteiger partial charge on any atom is -0.341 e. The van der Waals surface area contributed by atoms with Crippen LogP contribution in [0.15, 0.2) is 71.9 Å². The van der Waals surface area contributed by atoms with Gasteiger partial charge in [-0.1, -0.05) is 18.2 Å². The highest BCUT2D eigenvalue weighted by molar-refractivity contribution is 5.88. The average Bonchev–Trinajstić information content (AvgIpc) is 2.63. The Morgan fingerprint density at radius 3 is 2.54 bits per heavy atom. The number of aromatic amines is 1. The summed E-state index contributed by atoms with van der Waals surface area (Å²) in [7, 11) is 0. The molecule has 3 heterocycles. The van der Waals surface area contributed by atoms with Crippen molar-refractivity contribution in [3.63, 3.8) is 0 Å². The monoisotopic (exact) mass is 315 g/mol. The Morgan fingerprint density at radius 1 is 0.917 bits per heavy atom. The third-order valence-electron chi connectivity index (χ3n) is 3.64. The predicted molar refractivity (Wildman–Crippen MR) is 93.1 cm³/mol. The van der Waals surface area contributed by atoms with Gasteiger partial charge in [0.1, 0.15) is 5.82 Å². The van der Waals surface area contributed by atoms with Crippen molar-refractivity contribution in [3.8, 4) is 11.1 Å². The van der Waals surface area contributed by atoms with Gasteiger partial charge in [-0.15, -0.1) is 0 Å². The summed E-state index contributed by atoms with van der Waals surface area (Å²) in [5.41, 5.74) is 2.96. The topological polar surface area (TPSA) is 83.6 Å². The first-order valence-corrected chi connectivity index (χ1v) is 7.42. The molecule has 0 aliphatic carbocycles. The summed E-state index contributed by atoms with van der Waals surface area (Å²) in [5.74, 6) is 0.576. The number of nitrogens with zero attached hydrogens (tertiary/aromatic N) is 3. The van der Waals surface area contributed by atoms with Gasteiger partial charge in [0.15, 0.2) is 5.65 Å². The van der Waals surface area contributed by atoms with Crippen LogP contribution in [-0.4, -0.2) is 19.9 Å². The molecule has 4 rings (SSSR count). The molecule has 0 amide bonds. The van der Waals surface area contributed by atoms with Crippen LogP contribution in [0.5, 0.6) is 0 Å². The second-order valence-corrected chi connectivity index (χ2v) is 5.24. The number of pyridine rings is 2. The normalized spacial score (nSPS) is 10.7. The molecule has 0 atom stereocenters. The van der Waals surface area contributed by atoms with Crippen molar-refractivity contribution in [1.29, 1.82) is 0 Å². The Hall–Kier alpha value is -3.54. The van der Waals surface area contributed by atoms with Crippen molar-refractivity contribution in [2.24, 2.45) is 0 Å². The molecule has 24 heavy (non-hydrogen) atoms. The standard InChI is InChI=1S/C18H13N5O/c24-18-22-16-15(4-2-10-20-16)17(23-18)21-14-7-5-12(6-8-14)13-3-1-9-19-11-13/h1-11H,(H2,20,21,22,23,24). The summed E-state index contributed by atoms with van der Waals surface area (Å²) in [6.45, 7) is 0. The predicted octanol–water partition coefficient (Wildman–Crippen LogP) is 3.12. The number of hydrogen-bond acceptors (Lipinski definition) is 5. The fourth-order valence-electron chi connectivity index (χ4n) is 2.50. The minimum atomic E-state index is -0.435. The highest BCUT2D eigenvalue weighted by Gasteiger charge is 2.06. The SMILES string of the molecule is O=c1nc2ncccc2c(Nc2ccc(-c3cccnc3)cc2)[nH]1. The van der Waals surface area contributed by atoms with E-state index in [4.69, 9.17) is 0 Å². The van der Waals surface area contributed by atoms with E-state index in [9.17, 15) is 4.79 Å². The first kappa shape index (κ1) is 14.1. The van der Waals surface area contributed by atoms with Crippen LogP contribution >= 0.6 is 0 Å². The molecule has 116 valence electrons. The lowest BCUT2D eigenvalue weighted by molar-refractivity contribution is 1.10. The molecule has 0 saturated carbocycles. The number of fused-ring (bicyclic) bond motifs is 1. The molecule has 3 aromatic heterocycles. The third-order valence-corrected chi connectivity index (χ3v) is 3.64. The molecule has 0 radical (unpaired) electrons. The average molecular weight is 315 g/mol. The highest BCUT2D eigenvalue weighted by Crippen LogP contribution is 2.24. The molecule has 2 N–H and O–H groups in total. The van der Waals surface area contributed by atoms with E-state index in [-0.39, 0.29) is 0 Å². The number of rotatable bonds is 3. The zero-order valence-electron chi connectivity index (χ0n) is 12.6. The summed E-state index contributed by atoms with van der Waals surface area (Å²) in [6, 6.07) is 15.5. The van der Waals surface area contributed by atoms with E-state index in [1.807, 2.05) is 48.7 Å². The molecular weight excluding hydrogens is 302 g/mol. The van der Waals surface area contributed by atoms with E-state index in [0.29, 0.717) is 11.5 Å². The van der Waals surface area contributed by atoms with Gasteiger partial charge >= 0.3 is 5.69 Å². The van der Waals surface area contributed by atoms with Crippen LogP contribution < -0.4 is 11.0 Å². The van der Waals surface area contributed by atoms with E-state index >= 15 is 0 Å². The van der Waals surface area contributed by atoms with Crippen molar-refractivity contribution in [1.82, 2.24) is 19.9 Å². The molecule has 0 aliphatic rings. The summed E-state index contributed by atoms with van der Waals surface area (Å²) in [5, 5.41) is 3.97. The van der Waals surface area contributed by atoms with E-state index in [0.717, 1.165) is 22.2 Å². The van der Waals surface area contributed by atoms with Crippen LogP contribution in [0, 0.1) is 0 Å². The minimum absolute atomic E-state index is 0.413. The van der Waals surface area contributed by atoms with Gasteiger partial charge in [0.2, 0.25) is 0 Å². The fraction of sp³-hybridized carbons (Fsp3) is 0. The van der Waals surface area contributed by atoms with Crippen LogP contribution in [0.25, 0.3) is 22.2 Å². The van der Waals surface area contributed by atoms with E-state index in [2.05, 4.69) is 25.3 Å². The van der Waals surface area contributed by atoms with Crippen molar-refractivity contribution in [2.75, 3.05) is 5.32 Å². The van der Waals surface area contributed by atoms with Gasteiger partial charge in [0.05, 0.1) is 5.39 Å². The van der Waals surface area contributed by atoms with Crippen molar-refractivity contribution >= 4 is 22.5 Å². The van der Waals surface area contributed by atoms with Gasteiger partial charge in [-0.05, 0) is 41.5 Å². The summed E-state index contributed by atoms with van der Waals surface area (Å²) < 4.78 is 0. The second kappa shape index (κ2) is 5.92. The number of H-pyrrole nitrogens is 1. The maximum absolute atomic E-state index is 11.7. The molecule has 0 saturated heterocycles. The van der Waals surface area contributed by atoms with Crippen molar-refractivity contribution in [3.05, 3.63) is 77.6 Å². The molecule has 0 fully saturated rings. The number of nitrogens with one attached hydrogen (secondary N) is 2.